The second-order valence-corrected chi connectivity index (χ2v) is 6.25. The molecular weight excluding hydrogens is 379 g/mol. The van der Waals surface area contributed by atoms with Crippen LogP contribution in [0.15, 0.2) is 82.7 Å². The summed E-state index contributed by atoms with van der Waals surface area (Å²) in [6, 6.07) is 22.8. The van der Waals surface area contributed by atoms with E-state index in [1.807, 2.05) is 66.7 Å². The normalized spacial score (nSPS) is 11.4. The SMILES string of the molecule is COc1ccc(Cn2c(=O)c(=NO)c3ccccc3c3ccccc32)cc1.[K]. The van der Waals surface area contributed by atoms with Crippen LogP contribution in [-0.2, 0) is 6.54 Å². The first kappa shape index (κ1) is 20.8. The predicted molar refractivity (Wildman–Crippen MR) is 111 cm³/mol. The van der Waals surface area contributed by atoms with Crippen molar-refractivity contribution in [1.82, 2.24) is 4.57 Å². The molecule has 0 spiro atoms. The maximum absolute atomic E-state index is 13.2. The Morgan fingerprint density at radius 1 is 0.893 bits per heavy atom. The third-order valence-corrected chi connectivity index (χ3v) is 4.71. The number of benzene rings is 3. The predicted octanol–water partition coefficient (Wildman–Crippen LogP) is 3.12. The van der Waals surface area contributed by atoms with E-state index in [0.717, 1.165) is 27.6 Å². The summed E-state index contributed by atoms with van der Waals surface area (Å²) in [7, 11) is 1.62. The van der Waals surface area contributed by atoms with Crippen molar-refractivity contribution in [3.63, 3.8) is 0 Å². The Morgan fingerprint density at radius 2 is 1.50 bits per heavy atom. The minimum absolute atomic E-state index is 0. The number of hydrogen-bond acceptors (Lipinski definition) is 4. The van der Waals surface area contributed by atoms with Crippen molar-refractivity contribution < 1.29 is 9.94 Å². The molecule has 3 aromatic carbocycles. The Bertz CT molecular complexity index is 1270. The molecule has 4 aromatic rings. The van der Waals surface area contributed by atoms with E-state index >= 15 is 0 Å². The van der Waals surface area contributed by atoms with Gasteiger partial charge in [-0.2, -0.15) is 0 Å². The molecule has 1 aromatic heterocycles. The molecule has 0 aliphatic rings. The zero-order valence-corrected chi connectivity index (χ0v) is 18.9. The molecule has 6 heteroatoms. The molecule has 0 bridgehead atoms. The van der Waals surface area contributed by atoms with Gasteiger partial charge in [-0.15, -0.1) is 0 Å². The first-order valence-electron chi connectivity index (χ1n) is 8.58. The standard InChI is InChI=1S/C22H18N2O3.K/c1-27-16-12-10-15(11-13-16)14-24-20-9-5-4-7-18(20)17-6-2-3-8-19(17)21(23-26)22(24)25;/h2-13,26H,14H2,1H3;. The molecule has 0 aliphatic heterocycles. The molecule has 0 amide bonds. The van der Waals surface area contributed by atoms with Gasteiger partial charge < -0.3 is 14.5 Å². The van der Waals surface area contributed by atoms with E-state index in [1.165, 1.54) is 0 Å². The molecule has 135 valence electrons. The van der Waals surface area contributed by atoms with Gasteiger partial charge in [0.25, 0.3) is 5.56 Å². The van der Waals surface area contributed by atoms with Gasteiger partial charge in [0, 0.05) is 62.2 Å². The third-order valence-electron chi connectivity index (χ3n) is 4.71. The van der Waals surface area contributed by atoms with Gasteiger partial charge in [0.1, 0.15) is 5.75 Å². The number of nitrogens with zero attached hydrogens (tertiary/aromatic N) is 2. The first-order valence-corrected chi connectivity index (χ1v) is 8.58. The van der Waals surface area contributed by atoms with Crippen molar-refractivity contribution >= 4 is 73.1 Å². The molecule has 0 saturated carbocycles. The molecule has 0 fully saturated rings. The molecule has 0 unspecified atom stereocenters. The van der Waals surface area contributed by atoms with Crippen LogP contribution < -0.4 is 15.7 Å². The maximum atomic E-state index is 13.2. The van der Waals surface area contributed by atoms with Crippen molar-refractivity contribution in [3.8, 4) is 5.75 Å². The largest absolute Gasteiger partial charge is 0.497 e. The number of fused-ring (bicyclic) bond motifs is 3. The van der Waals surface area contributed by atoms with Gasteiger partial charge in [0.2, 0.25) is 0 Å². The van der Waals surface area contributed by atoms with E-state index in [1.54, 1.807) is 17.7 Å². The second-order valence-electron chi connectivity index (χ2n) is 6.25. The van der Waals surface area contributed by atoms with Crippen LogP contribution in [0.2, 0.25) is 0 Å². The average Bonchev–Trinajstić information content (AvgIpc) is 2.82. The second kappa shape index (κ2) is 9.02. The minimum Gasteiger partial charge on any atom is -0.497 e. The number of para-hydroxylation sites is 1. The quantitative estimate of drug-likeness (QED) is 0.328. The van der Waals surface area contributed by atoms with Gasteiger partial charge in [0.15, 0.2) is 5.36 Å². The Kier molecular flexibility index (Phi) is 6.69. The molecule has 0 aliphatic carbocycles. The van der Waals surface area contributed by atoms with E-state index in [9.17, 15) is 10.0 Å². The van der Waals surface area contributed by atoms with E-state index in [4.69, 9.17) is 4.74 Å². The van der Waals surface area contributed by atoms with Crippen LogP contribution >= 0.6 is 0 Å². The minimum atomic E-state index is -0.342. The fourth-order valence-electron chi connectivity index (χ4n) is 3.38. The van der Waals surface area contributed by atoms with Gasteiger partial charge in [0.05, 0.1) is 19.2 Å². The summed E-state index contributed by atoms with van der Waals surface area (Å²) in [6.07, 6.45) is 0. The average molecular weight is 397 g/mol. The maximum Gasteiger partial charge on any atom is 0.281 e. The van der Waals surface area contributed by atoms with Gasteiger partial charge in [-0.25, -0.2) is 0 Å². The van der Waals surface area contributed by atoms with Crippen LogP contribution in [-0.4, -0.2) is 68.3 Å². The zero-order valence-electron chi connectivity index (χ0n) is 15.8. The fraction of sp³-hybridized carbons (Fsp3) is 0.0909. The number of aromatic nitrogens is 1. The smallest absolute Gasteiger partial charge is 0.281 e. The number of rotatable bonds is 3. The van der Waals surface area contributed by atoms with E-state index in [2.05, 4.69) is 5.16 Å². The molecule has 5 nitrogen and oxygen atoms in total. The summed E-state index contributed by atoms with van der Waals surface area (Å²) >= 11 is 0. The van der Waals surface area contributed by atoms with Gasteiger partial charge in [-0.3, -0.25) is 4.79 Å². The molecule has 0 atom stereocenters. The number of methoxy groups -OCH3 is 1. The van der Waals surface area contributed by atoms with Crippen LogP contribution in [0, 0.1) is 0 Å². The first-order chi connectivity index (χ1) is 13.2. The Morgan fingerprint density at radius 3 is 2.14 bits per heavy atom. The molecule has 1 radical (unpaired) electrons. The summed E-state index contributed by atoms with van der Waals surface area (Å²) in [5.41, 5.74) is 1.39. The van der Waals surface area contributed by atoms with Crippen molar-refractivity contribution in [2.75, 3.05) is 7.11 Å². The van der Waals surface area contributed by atoms with Gasteiger partial charge >= 0.3 is 0 Å². The van der Waals surface area contributed by atoms with E-state index in [-0.39, 0.29) is 62.3 Å². The summed E-state index contributed by atoms with van der Waals surface area (Å²) in [5, 5.41) is 15.4. The van der Waals surface area contributed by atoms with Crippen molar-refractivity contribution in [2.24, 2.45) is 5.16 Å². The zero-order chi connectivity index (χ0) is 18.8. The molecule has 1 heterocycles. The number of hydrogen-bond donors (Lipinski definition) is 1. The summed E-state index contributed by atoms with van der Waals surface area (Å²) in [4.78, 5) is 13.2. The monoisotopic (exact) mass is 397 g/mol. The number of ether oxygens (including phenoxy) is 1. The molecule has 4 rings (SSSR count). The van der Waals surface area contributed by atoms with Crippen molar-refractivity contribution in [2.45, 2.75) is 6.54 Å². The van der Waals surface area contributed by atoms with Crippen LogP contribution in [0.1, 0.15) is 5.56 Å². The Balaban J connectivity index is 0.00000225. The van der Waals surface area contributed by atoms with Crippen LogP contribution in [0.4, 0.5) is 0 Å². The van der Waals surface area contributed by atoms with E-state index < -0.39 is 0 Å². The molecule has 1 N–H and O–H groups in total. The van der Waals surface area contributed by atoms with Crippen molar-refractivity contribution in [1.29, 1.82) is 0 Å². The summed E-state index contributed by atoms with van der Waals surface area (Å²) in [6.45, 7) is 0.354. The van der Waals surface area contributed by atoms with Crippen LogP contribution in [0.3, 0.4) is 0 Å². The third kappa shape index (κ3) is 3.79. The van der Waals surface area contributed by atoms with E-state index in [0.29, 0.717) is 11.9 Å². The molecule has 0 saturated heterocycles. The molecule has 28 heavy (non-hydrogen) atoms. The van der Waals surface area contributed by atoms with Crippen LogP contribution in [0.5, 0.6) is 5.75 Å². The summed E-state index contributed by atoms with van der Waals surface area (Å²) in [5.74, 6) is 0.756. The topological polar surface area (TPSA) is 63.8 Å². The van der Waals surface area contributed by atoms with Gasteiger partial charge in [-0.1, -0.05) is 59.8 Å². The molecular formula is C22H18KN2O3. The Hall–Kier alpha value is -1.96. The van der Waals surface area contributed by atoms with Crippen LogP contribution in [0.25, 0.3) is 21.7 Å². The fourth-order valence-corrected chi connectivity index (χ4v) is 3.38. The Labute approximate surface area is 204 Å². The van der Waals surface area contributed by atoms with Gasteiger partial charge in [-0.05, 0) is 29.1 Å². The summed E-state index contributed by atoms with van der Waals surface area (Å²) < 4.78 is 6.85. The van der Waals surface area contributed by atoms with Crippen molar-refractivity contribution in [3.05, 3.63) is 94.1 Å².